The van der Waals surface area contributed by atoms with E-state index in [9.17, 15) is 8.42 Å². The third kappa shape index (κ3) is 4.45. The van der Waals surface area contributed by atoms with Gasteiger partial charge in [0.05, 0.1) is 11.6 Å². The molecule has 0 N–H and O–H groups in total. The van der Waals surface area contributed by atoms with Gasteiger partial charge in [0, 0.05) is 32.1 Å². The van der Waals surface area contributed by atoms with Gasteiger partial charge in [0.1, 0.15) is 4.90 Å². The Hall–Kier alpha value is -0.630. The minimum Gasteiger partial charge on any atom is -0.384 e. The van der Waals surface area contributed by atoms with Crippen LogP contribution in [0, 0.1) is 0 Å². The molecule has 1 aromatic heterocycles. The molecule has 1 heterocycles. The predicted molar refractivity (Wildman–Crippen MR) is 76.9 cm³/mol. The van der Waals surface area contributed by atoms with Crippen LogP contribution < -0.4 is 0 Å². The van der Waals surface area contributed by atoms with E-state index in [0.29, 0.717) is 19.7 Å². The zero-order valence-corrected chi connectivity index (χ0v) is 13.1. The van der Waals surface area contributed by atoms with Gasteiger partial charge in [0.25, 0.3) is 0 Å². The number of hydrogen-bond acceptors (Lipinski definition) is 5. The van der Waals surface area contributed by atoms with Crippen LogP contribution in [0.4, 0.5) is 0 Å². The van der Waals surface area contributed by atoms with Crippen LogP contribution in [-0.2, 0) is 14.8 Å². The number of hydrogen-bond donors (Lipinski definition) is 0. The summed E-state index contributed by atoms with van der Waals surface area (Å²) in [6.07, 6.45) is 1.42. The maximum Gasteiger partial charge on any atom is 0.244 e. The van der Waals surface area contributed by atoms with E-state index in [-0.39, 0.29) is 4.90 Å². The van der Waals surface area contributed by atoms with Gasteiger partial charge in [0.2, 0.25) is 10.0 Å². The smallest absolute Gasteiger partial charge is 0.244 e. The minimum atomic E-state index is -3.41. The maximum atomic E-state index is 12.2. The Morgan fingerprint density at radius 2 is 2.00 bits per heavy atom. The zero-order valence-electron chi connectivity index (χ0n) is 11.5. The van der Waals surface area contributed by atoms with Crippen molar-refractivity contribution in [2.24, 2.45) is 0 Å². The summed E-state index contributed by atoms with van der Waals surface area (Å²) < 4.78 is 30.8. The Kier molecular flexibility index (Phi) is 6.78. The van der Waals surface area contributed by atoms with Crippen LogP contribution in [0.1, 0.15) is 13.8 Å². The van der Waals surface area contributed by atoms with Crippen LogP contribution in [0.2, 0.25) is 0 Å². The van der Waals surface area contributed by atoms with Crippen molar-refractivity contribution in [2.45, 2.75) is 23.8 Å². The number of thioether (sulfide) groups is 1. The summed E-state index contributed by atoms with van der Waals surface area (Å²) in [7, 11) is -1.76. The predicted octanol–water partition coefficient (Wildman–Crippen LogP) is 1.85. The Bertz CT molecular complexity index is 470. The van der Waals surface area contributed by atoms with Gasteiger partial charge >= 0.3 is 0 Å². The third-order valence-electron chi connectivity index (χ3n) is 2.59. The molecule has 0 amide bonds. The minimum absolute atomic E-state index is 0.243. The highest BCUT2D eigenvalue weighted by molar-refractivity contribution is 7.99. The molecule has 1 aromatic rings. The van der Waals surface area contributed by atoms with E-state index in [1.807, 2.05) is 13.8 Å². The van der Waals surface area contributed by atoms with Crippen LogP contribution >= 0.6 is 11.8 Å². The number of ether oxygens (including phenoxy) is 1. The molecule has 0 atom stereocenters. The largest absolute Gasteiger partial charge is 0.384 e. The van der Waals surface area contributed by atoms with Gasteiger partial charge in [0.15, 0.2) is 0 Å². The molecule has 0 radical (unpaired) electrons. The van der Waals surface area contributed by atoms with Crippen LogP contribution in [-0.4, -0.2) is 50.3 Å². The van der Waals surface area contributed by atoms with Crippen molar-refractivity contribution in [3.63, 3.8) is 0 Å². The lowest BCUT2D eigenvalue weighted by Crippen LogP contribution is -2.30. The van der Waals surface area contributed by atoms with Crippen LogP contribution in [0.5, 0.6) is 0 Å². The van der Waals surface area contributed by atoms with Crippen LogP contribution in [0.15, 0.2) is 28.3 Å². The average Bonchev–Trinajstić information content (AvgIpc) is 2.41. The summed E-state index contributed by atoms with van der Waals surface area (Å²) in [6, 6.07) is 3.34. The molecule has 0 saturated heterocycles. The second-order valence-corrected chi connectivity index (χ2v) is 6.82. The molecule has 0 bridgehead atoms. The Morgan fingerprint density at radius 3 is 2.47 bits per heavy atom. The molecular weight excluding hydrogens is 284 g/mol. The van der Waals surface area contributed by atoms with Gasteiger partial charge in [-0.05, 0) is 12.1 Å². The molecule has 7 heteroatoms. The highest BCUT2D eigenvalue weighted by Crippen LogP contribution is 2.19. The zero-order chi connectivity index (χ0) is 14.3. The number of pyridine rings is 1. The fourth-order valence-corrected chi connectivity index (χ4v) is 3.70. The Morgan fingerprint density at radius 1 is 1.32 bits per heavy atom. The lowest BCUT2D eigenvalue weighted by Gasteiger charge is -2.18. The van der Waals surface area contributed by atoms with E-state index in [1.165, 1.54) is 22.3 Å². The molecular formula is C12H20N2O3S2. The molecule has 0 aliphatic carbocycles. The van der Waals surface area contributed by atoms with Crippen molar-refractivity contribution in [1.82, 2.24) is 9.29 Å². The number of sulfonamides is 1. The molecule has 0 aliphatic heterocycles. The third-order valence-corrected chi connectivity index (χ3v) is 5.53. The van der Waals surface area contributed by atoms with Crippen molar-refractivity contribution in [2.75, 3.05) is 32.6 Å². The molecule has 0 spiro atoms. The first-order valence-electron chi connectivity index (χ1n) is 6.14. The fourth-order valence-electron chi connectivity index (χ4n) is 1.55. The van der Waals surface area contributed by atoms with Crippen LogP contribution in [0.3, 0.4) is 0 Å². The first kappa shape index (κ1) is 16.4. The molecule has 0 aromatic carbocycles. The van der Waals surface area contributed by atoms with Crippen molar-refractivity contribution in [3.8, 4) is 0 Å². The van der Waals surface area contributed by atoms with Crippen LogP contribution in [0.25, 0.3) is 0 Å². The van der Waals surface area contributed by atoms with Crippen molar-refractivity contribution in [3.05, 3.63) is 18.3 Å². The molecule has 0 aliphatic rings. The molecule has 1 rings (SSSR count). The molecule has 0 saturated carbocycles. The topological polar surface area (TPSA) is 59.5 Å². The molecule has 0 fully saturated rings. The van der Waals surface area contributed by atoms with Crippen molar-refractivity contribution in [1.29, 1.82) is 0 Å². The van der Waals surface area contributed by atoms with Crippen molar-refractivity contribution < 1.29 is 13.2 Å². The fraction of sp³-hybridized carbons (Fsp3) is 0.583. The van der Waals surface area contributed by atoms with E-state index in [4.69, 9.17) is 4.74 Å². The monoisotopic (exact) mass is 304 g/mol. The number of rotatable bonds is 8. The highest BCUT2D eigenvalue weighted by atomic mass is 32.2. The quantitative estimate of drug-likeness (QED) is 0.542. The second kappa shape index (κ2) is 7.84. The first-order valence-corrected chi connectivity index (χ1v) is 8.56. The summed E-state index contributed by atoms with van der Waals surface area (Å²) in [5.74, 6) is 0.797. The van der Waals surface area contributed by atoms with Gasteiger partial charge in [-0.3, -0.25) is 0 Å². The van der Waals surface area contributed by atoms with E-state index >= 15 is 0 Å². The second-order valence-electron chi connectivity index (χ2n) is 3.76. The lowest BCUT2D eigenvalue weighted by atomic mass is 10.5. The van der Waals surface area contributed by atoms with E-state index in [0.717, 1.165) is 10.8 Å². The number of methoxy groups -OCH3 is 1. The van der Waals surface area contributed by atoms with Gasteiger partial charge in [-0.15, -0.1) is 11.8 Å². The molecule has 5 nitrogen and oxygen atoms in total. The summed E-state index contributed by atoms with van der Waals surface area (Å²) in [5, 5.41) is 0.801. The summed E-state index contributed by atoms with van der Waals surface area (Å²) >= 11 is 1.54. The molecule has 19 heavy (non-hydrogen) atoms. The average molecular weight is 304 g/mol. The first-order chi connectivity index (χ1) is 9.06. The Labute approximate surface area is 119 Å². The molecule has 0 unspecified atom stereocenters. The summed E-state index contributed by atoms with van der Waals surface area (Å²) in [6.45, 7) is 5.21. The van der Waals surface area contributed by atoms with Crippen molar-refractivity contribution >= 4 is 21.8 Å². The van der Waals surface area contributed by atoms with Gasteiger partial charge in [-0.1, -0.05) is 13.8 Å². The number of nitrogens with zero attached hydrogens (tertiary/aromatic N) is 2. The van der Waals surface area contributed by atoms with Gasteiger partial charge in [-0.2, -0.15) is 4.31 Å². The van der Waals surface area contributed by atoms with E-state index in [1.54, 1.807) is 19.2 Å². The lowest BCUT2D eigenvalue weighted by molar-refractivity contribution is 0.218. The maximum absolute atomic E-state index is 12.2. The summed E-state index contributed by atoms with van der Waals surface area (Å²) in [4.78, 5) is 4.41. The van der Waals surface area contributed by atoms with E-state index in [2.05, 4.69) is 4.98 Å². The standard InChI is InChI=1S/C12H20N2O3S2/c1-4-14(5-2)19(15,16)11-6-7-12(13-10-11)18-9-8-17-3/h6-7,10H,4-5,8-9H2,1-3H3. The summed E-state index contributed by atoms with van der Waals surface area (Å²) in [5.41, 5.74) is 0. The molecule has 108 valence electrons. The number of aromatic nitrogens is 1. The van der Waals surface area contributed by atoms with Gasteiger partial charge < -0.3 is 4.74 Å². The Balaban J connectivity index is 2.80. The highest BCUT2D eigenvalue weighted by Gasteiger charge is 2.21. The normalized spacial score (nSPS) is 12.0. The van der Waals surface area contributed by atoms with E-state index < -0.39 is 10.0 Å². The van der Waals surface area contributed by atoms with Gasteiger partial charge in [-0.25, -0.2) is 13.4 Å². The SMILES string of the molecule is CCN(CC)S(=O)(=O)c1ccc(SCCOC)nc1.